The van der Waals surface area contributed by atoms with Crippen LogP contribution in [-0.4, -0.2) is 38.7 Å². The van der Waals surface area contributed by atoms with E-state index >= 15 is 0 Å². The van der Waals surface area contributed by atoms with E-state index < -0.39 is 11.9 Å². The summed E-state index contributed by atoms with van der Waals surface area (Å²) < 4.78 is 0. The van der Waals surface area contributed by atoms with E-state index in [0.717, 1.165) is 10.4 Å². The summed E-state index contributed by atoms with van der Waals surface area (Å²) in [4.78, 5) is 44.0. The van der Waals surface area contributed by atoms with E-state index in [-0.39, 0.29) is 23.3 Å². The van der Waals surface area contributed by atoms with Crippen molar-refractivity contribution in [2.24, 2.45) is 5.92 Å². The Morgan fingerprint density at radius 1 is 1.36 bits per heavy atom. The Morgan fingerprint density at radius 2 is 2.04 bits per heavy atom. The van der Waals surface area contributed by atoms with E-state index in [1.165, 1.54) is 30.0 Å². The van der Waals surface area contributed by atoms with Gasteiger partial charge in [0, 0.05) is 11.4 Å². The Labute approximate surface area is 153 Å². The normalized spacial score (nSPS) is 13.6. The number of rotatable bonds is 7. The van der Waals surface area contributed by atoms with Crippen LogP contribution in [-0.2, 0) is 15.3 Å². The van der Waals surface area contributed by atoms with Gasteiger partial charge in [0.15, 0.2) is 0 Å². The summed E-state index contributed by atoms with van der Waals surface area (Å²) in [6, 6.07) is 0. The van der Waals surface area contributed by atoms with Gasteiger partial charge < -0.3 is 15.4 Å². The first kappa shape index (κ1) is 19.5. The minimum Gasteiger partial charge on any atom is -0.481 e. The van der Waals surface area contributed by atoms with Gasteiger partial charge in [-0.2, -0.15) is 0 Å². The number of nitrogens with one attached hydrogen (secondary N) is 2. The Morgan fingerprint density at radius 3 is 2.68 bits per heavy atom. The van der Waals surface area contributed by atoms with Gasteiger partial charge in [0.05, 0.1) is 22.3 Å². The first-order valence-electron chi connectivity index (χ1n) is 7.81. The second-order valence-electron chi connectivity index (χ2n) is 5.91. The topological polar surface area (TPSA) is 112 Å². The summed E-state index contributed by atoms with van der Waals surface area (Å²) in [7, 11) is 0. The number of aromatic amines is 1. The number of aryl methyl sites for hydroxylation is 2. The molecule has 0 saturated carbocycles. The zero-order chi connectivity index (χ0) is 18.7. The smallest absolute Gasteiger partial charge is 0.308 e. The number of hydrogen-bond acceptors (Lipinski definition) is 6. The average Bonchev–Trinajstić information content (AvgIpc) is 2.84. The number of carboxylic acids is 1. The molecule has 0 aliphatic rings. The molecule has 2 aromatic heterocycles. The van der Waals surface area contributed by atoms with Gasteiger partial charge >= 0.3 is 5.97 Å². The number of thioether (sulfide) groups is 1. The van der Waals surface area contributed by atoms with Crippen molar-refractivity contribution in [2.45, 2.75) is 38.7 Å². The molecular weight excluding hydrogens is 362 g/mol. The largest absolute Gasteiger partial charge is 0.481 e. The van der Waals surface area contributed by atoms with Crippen LogP contribution in [0.4, 0.5) is 0 Å². The molecule has 2 atom stereocenters. The van der Waals surface area contributed by atoms with E-state index in [9.17, 15) is 14.4 Å². The Hall–Kier alpha value is -1.87. The zero-order valence-electron chi connectivity index (χ0n) is 14.5. The molecule has 25 heavy (non-hydrogen) atoms. The molecule has 0 aliphatic carbocycles. The SMILES string of the molecule is Cc1sc2nc(CSC(C)C(=O)NCC(C)C(=O)O)[nH]c(=O)c2c1C. The van der Waals surface area contributed by atoms with Crippen LogP contribution in [0.1, 0.15) is 30.1 Å². The minimum atomic E-state index is -0.947. The molecule has 1 amide bonds. The van der Waals surface area contributed by atoms with Crippen molar-refractivity contribution in [3.05, 3.63) is 26.6 Å². The fourth-order valence-corrected chi connectivity index (χ4v) is 3.96. The lowest BCUT2D eigenvalue weighted by Crippen LogP contribution is -2.36. The summed E-state index contributed by atoms with van der Waals surface area (Å²) in [5.74, 6) is -0.889. The van der Waals surface area contributed by atoms with Crippen molar-refractivity contribution in [2.75, 3.05) is 6.54 Å². The Kier molecular flexibility index (Phi) is 6.23. The first-order chi connectivity index (χ1) is 11.7. The fraction of sp³-hybridized carbons (Fsp3) is 0.500. The van der Waals surface area contributed by atoms with Crippen LogP contribution in [0.25, 0.3) is 10.2 Å². The lowest BCUT2D eigenvalue weighted by molar-refractivity contribution is -0.141. The van der Waals surface area contributed by atoms with Crippen molar-refractivity contribution in [1.29, 1.82) is 0 Å². The highest BCUT2D eigenvalue weighted by Gasteiger charge is 2.18. The van der Waals surface area contributed by atoms with Crippen molar-refractivity contribution >= 4 is 45.2 Å². The Bertz CT molecular complexity index is 859. The molecule has 0 spiro atoms. The van der Waals surface area contributed by atoms with E-state index in [2.05, 4.69) is 15.3 Å². The van der Waals surface area contributed by atoms with Crippen molar-refractivity contribution < 1.29 is 14.7 Å². The third-order valence-electron chi connectivity index (χ3n) is 3.93. The number of amides is 1. The van der Waals surface area contributed by atoms with Gasteiger partial charge in [0.25, 0.3) is 5.56 Å². The third kappa shape index (κ3) is 4.60. The van der Waals surface area contributed by atoms with Gasteiger partial charge in [0.1, 0.15) is 10.7 Å². The van der Waals surface area contributed by atoms with E-state index in [4.69, 9.17) is 5.11 Å². The van der Waals surface area contributed by atoms with E-state index in [1.807, 2.05) is 13.8 Å². The van der Waals surface area contributed by atoms with Crippen LogP contribution < -0.4 is 10.9 Å². The molecule has 3 N–H and O–H groups in total. The van der Waals surface area contributed by atoms with E-state index in [1.54, 1.807) is 6.92 Å². The molecule has 2 unspecified atom stereocenters. The highest BCUT2D eigenvalue weighted by atomic mass is 32.2. The molecule has 0 aliphatic heterocycles. The number of aromatic nitrogens is 2. The highest BCUT2D eigenvalue weighted by Crippen LogP contribution is 2.26. The van der Waals surface area contributed by atoms with Crippen LogP contribution in [0.15, 0.2) is 4.79 Å². The number of carbonyl (C=O) groups is 2. The molecule has 0 aromatic carbocycles. The molecule has 0 radical (unpaired) electrons. The van der Waals surface area contributed by atoms with Crippen LogP contribution in [0, 0.1) is 19.8 Å². The first-order valence-corrected chi connectivity index (χ1v) is 9.68. The van der Waals surface area contributed by atoms with Crippen LogP contribution >= 0.6 is 23.1 Å². The third-order valence-corrected chi connectivity index (χ3v) is 6.19. The van der Waals surface area contributed by atoms with Gasteiger partial charge in [-0.05, 0) is 26.3 Å². The lowest BCUT2D eigenvalue weighted by Gasteiger charge is -2.13. The monoisotopic (exact) mass is 383 g/mol. The number of thiophene rings is 1. The molecule has 9 heteroatoms. The maximum absolute atomic E-state index is 12.2. The molecule has 136 valence electrons. The van der Waals surface area contributed by atoms with Crippen LogP contribution in [0.2, 0.25) is 0 Å². The zero-order valence-corrected chi connectivity index (χ0v) is 16.1. The number of nitrogens with zero attached hydrogens (tertiary/aromatic N) is 1. The van der Waals surface area contributed by atoms with Crippen molar-refractivity contribution in [3.8, 4) is 0 Å². The van der Waals surface area contributed by atoms with Gasteiger partial charge in [-0.1, -0.05) is 6.92 Å². The number of aliphatic carboxylic acids is 1. The summed E-state index contributed by atoms with van der Waals surface area (Å²) >= 11 is 2.82. The summed E-state index contributed by atoms with van der Waals surface area (Å²) in [5.41, 5.74) is 0.795. The number of carboxylic acid groups (broad SMARTS) is 1. The molecule has 0 fully saturated rings. The second kappa shape index (κ2) is 8.01. The second-order valence-corrected chi connectivity index (χ2v) is 8.45. The van der Waals surface area contributed by atoms with Crippen LogP contribution in [0.3, 0.4) is 0 Å². The standard InChI is InChI=1S/C16H21N3O4S2/c1-7(16(22)23)5-17-13(20)10(4)24-6-11-18-14(21)12-8(2)9(3)25-15(12)19-11/h7,10H,5-6H2,1-4H3,(H,17,20)(H,22,23)(H,18,19,21). The van der Waals surface area contributed by atoms with Gasteiger partial charge in [-0.3, -0.25) is 14.4 Å². The summed E-state index contributed by atoms with van der Waals surface area (Å²) in [5, 5.41) is 11.7. The minimum absolute atomic E-state index is 0.0911. The maximum atomic E-state index is 12.2. The maximum Gasteiger partial charge on any atom is 0.308 e. The number of fused-ring (bicyclic) bond motifs is 1. The van der Waals surface area contributed by atoms with Gasteiger partial charge in [-0.25, -0.2) is 4.98 Å². The average molecular weight is 383 g/mol. The predicted octanol–water partition coefficient (Wildman–Crippen LogP) is 2.06. The molecule has 2 rings (SSSR count). The number of carbonyl (C=O) groups excluding carboxylic acids is 1. The molecule has 2 aromatic rings. The molecule has 7 nitrogen and oxygen atoms in total. The van der Waals surface area contributed by atoms with Crippen molar-refractivity contribution in [1.82, 2.24) is 15.3 Å². The molecular formula is C16H21N3O4S2. The van der Waals surface area contributed by atoms with E-state index in [0.29, 0.717) is 21.8 Å². The van der Waals surface area contributed by atoms with Crippen LogP contribution in [0.5, 0.6) is 0 Å². The molecule has 2 heterocycles. The van der Waals surface area contributed by atoms with Gasteiger partial charge in [-0.15, -0.1) is 23.1 Å². The highest BCUT2D eigenvalue weighted by molar-refractivity contribution is 7.99. The lowest BCUT2D eigenvalue weighted by atomic mass is 10.2. The summed E-state index contributed by atoms with van der Waals surface area (Å²) in [6.45, 7) is 7.23. The number of H-pyrrole nitrogens is 1. The number of hydrogen-bond donors (Lipinski definition) is 3. The molecule has 0 saturated heterocycles. The predicted molar refractivity (Wildman–Crippen MR) is 100 cm³/mol. The fourth-order valence-electron chi connectivity index (χ4n) is 2.13. The molecule has 0 bridgehead atoms. The quantitative estimate of drug-likeness (QED) is 0.675. The van der Waals surface area contributed by atoms with Gasteiger partial charge in [0.2, 0.25) is 5.91 Å². The Balaban J connectivity index is 1.99. The summed E-state index contributed by atoms with van der Waals surface area (Å²) in [6.07, 6.45) is 0. The van der Waals surface area contributed by atoms with Crippen molar-refractivity contribution in [3.63, 3.8) is 0 Å².